The van der Waals surface area contributed by atoms with Crippen LogP contribution in [0, 0.1) is 11.8 Å². The zero-order chi connectivity index (χ0) is 18.7. The maximum Gasteiger partial charge on any atom is 0.241 e. The van der Waals surface area contributed by atoms with Crippen molar-refractivity contribution in [3.8, 4) is 0 Å². The number of carbonyl (C=O) groups excluding carboxylic acids is 1. The molecule has 2 bridgehead atoms. The SMILES string of the molecule is O=C(C1CC(C2CC2)NN1)N1C[C@H]2CC[C@@H]1CN(C1Cc3ccccc3C1)C2. The molecule has 4 aliphatic heterocycles. The highest BCUT2D eigenvalue weighted by Gasteiger charge is 2.44. The van der Waals surface area contributed by atoms with Gasteiger partial charge >= 0.3 is 0 Å². The molecule has 1 aromatic rings. The summed E-state index contributed by atoms with van der Waals surface area (Å²) in [4.78, 5) is 18.3. The van der Waals surface area contributed by atoms with Gasteiger partial charge in [0, 0.05) is 37.8 Å². The molecule has 4 heterocycles. The van der Waals surface area contributed by atoms with Crippen molar-refractivity contribution in [2.24, 2.45) is 11.8 Å². The van der Waals surface area contributed by atoms with Crippen molar-refractivity contribution in [2.75, 3.05) is 19.6 Å². The third-order valence-electron chi connectivity index (χ3n) is 7.99. The predicted molar refractivity (Wildman–Crippen MR) is 109 cm³/mol. The van der Waals surface area contributed by atoms with E-state index in [2.05, 4.69) is 44.9 Å². The van der Waals surface area contributed by atoms with Gasteiger partial charge in [-0.3, -0.25) is 15.1 Å². The second kappa shape index (κ2) is 6.82. The second-order valence-corrected chi connectivity index (χ2v) is 9.89. The molecular weight excluding hydrogens is 348 g/mol. The Balaban J connectivity index is 1.14. The van der Waals surface area contributed by atoms with Gasteiger partial charge in [0.05, 0.1) is 0 Å². The molecule has 0 spiro atoms. The normalized spacial score (nSPS) is 35.9. The molecule has 7 rings (SSSR count). The van der Waals surface area contributed by atoms with Crippen molar-refractivity contribution in [2.45, 2.75) is 69.1 Å². The maximum absolute atomic E-state index is 13.3. The first kappa shape index (κ1) is 17.4. The molecule has 2 aliphatic carbocycles. The maximum atomic E-state index is 13.3. The van der Waals surface area contributed by atoms with Crippen LogP contribution in [0.5, 0.6) is 0 Å². The minimum Gasteiger partial charge on any atom is -0.337 e. The zero-order valence-electron chi connectivity index (χ0n) is 16.6. The molecule has 5 heteroatoms. The standard InChI is InChI=1S/C23H32N4O/c28-23(22-11-21(24-25-22)16-6-7-16)27-13-15-5-8-19(27)14-26(12-15)20-9-17-3-1-2-4-18(17)10-20/h1-4,15-16,19-22,24-25H,5-14H2/t15-,19+,21?,22?/m0/s1. The van der Waals surface area contributed by atoms with Gasteiger partial charge in [-0.15, -0.1) is 0 Å². The summed E-state index contributed by atoms with van der Waals surface area (Å²) < 4.78 is 0. The summed E-state index contributed by atoms with van der Waals surface area (Å²) in [5.74, 6) is 1.78. The van der Waals surface area contributed by atoms with Crippen LogP contribution in [-0.2, 0) is 17.6 Å². The number of nitrogens with one attached hydrogen (secondary N) is 2. The summed E-state index contributed by atoms with van der Waals surface area (Å²) in [6.45, 7) is 3.19. The summed E-state index contributed by atoms with van der Waals surface area (Å²) in [5.41, 5.74) is 9.80. The predicted octanol–water partition coefficient (Wildman–Crippen LogP) is 1.72. The highest BCUT2D eigenvalue weighted by Crippen LogP contribution is 2.37. The van der Waals surface area contributed by atoms with Crippen molar-refractivity contribution in [1.82, 2.24) is 20.7 Å². The first-order valence-electron chi connectivity index (χ1n) is 11.4. The average molecular weight is 381 g/mol. The van der Waals surface area contributed by atoms with Gasteiger partial charge in [-0.05, 0) is 67.9 Å². The molecular formula is C23H32N4O. The van der Waals surface area contributed by atoms with E-state index in [-0.39, 0.29) is 6.04 Å². The Hall–Kier alpha value is -1.43. The Kier molecular flexibility index (Phi) is 4.25. The van der Waals surface area contributed by atoms with Gasteiger partial charge < -0.3 is 4.90 Å². The van der Waals surface area contributed by atoms with Crippen LogP contribution in [-0.4, -0.2) is 59.5 Å². The number of carbonyl (C=O) groups is 1. The average Bonchev–Trinajstić information content (AvgIpc) is 3.40. The molecule has 2 N–H and O–H groups in total. The summed E-state index contributed by atoms with van der Waals surface area (Å²) in [6.07, 6.45) is 8.45. The van der Waals surface area contributed by atoms with Gasteiger partial charge in [-0.2, -0.15) is 0 Å². The monoisotopic (exact) mass is 380 g/mol. The van der Waals surface area contributed by atoms with Crippen LogP contribution < -0.4 is 10.9 Å². The Bertz CT molecular complexity index is 738. The molecule has 2 unspecified atom stereocenters. The van der Waals surface area contributed by atoms with E-state index in [4.69, 9.17) is 0 Å². The van der Waals surface area contributed by atoms with Crippen molar-refractivity contribution >= 4 is 5.91 Å². The van der Waals surface area contributed by atoms with Crippen LogP contribution in [0.2, 0.25) is 0 Å². The second-order valence-electron chi connectivity index (χ2n) is 9.89. The minimum absolute atomic E-state index is 0.0193. The summed E-state index contributed by atoms with van der Waals surface area (Å²) in [5, 5.41) is 0. The van der Waals surface area contributed by atoms with Crippen LogP contribution in [0.3, 0.4) is 0 Å². The lowest BCUT2D eigenvalue weighted by Crippen LogP contribution is -2.54. The van der Waals surface area contributed by atoms with Gasteiger partial charge in [0.2, 0.25) is 5.91 Å². The third kappa shape index (κ3) is 3.08. The van der Waals surface area contributed by atoms with Crippen LogP contribution >= 0.6 is 0 Å². The lowest BCUT2D eigenvalue weighted by atomic mass is 9.93. The lowest BCUT2D eigenvalue weighted by Gasteiger charge is -2.37. The number of hydrazine groups is 1. The summed E-state index contributed by atoms with van der Waals surface area (Å²) in [7, 11) is 0. The number of hydrogen-bond acceptors (Lipinski definition) is 4. The van der Waals surface area contributed by atoms with Crippen molar-refractivity contribution < 1.29 is 4.79 Å². The van der Waals surface area contributed by atoms with E-state index < -0.39 is 0 Å². The van der Waals surface area contributed by atoms with E-state index in [0.717, 1.165) is 25.4 Å². The van der Waals surface area contributed by atoms with E-state index >= 15 is 0 Å². The Morgan fingerprint density at radius 2 is 1.68 bits per heavy atom. The fourth-order valence-corrected chi connectivity index (χ4v) is 6.23. The van der Waals surface area contributed by atoms with E-state index in [1.807, 2.05) is 0 Å². The Morgan fingerprint density at radius 1 is 0.893 bits per heavy atom. The van der Waals surface area contributed by atoms with Crippen LogP contribution in [0.1, 0.15) is 43.2 Å². The molecule has 150 valence electrons. The quantitative estimate of drug-likeness (QED) is 0.838. The van der Waals surface area contributed by atoms with Crippen molar-refractivity contribution in [3.05, 3.63) is 35.4 Å². The highest BCUT2D eigenvalue weighted by atomic mass is 16.2. The van der Waals surface area contributed by atoms with Gasteiger partial charge in [0.1, 0.15) is 6.04 Å². The first-order chi connectivity index (χ1) is 13.7. The number of amides is 1. The van der Waals surface area contributed by atoms with Crippen molar-refractivity contribution in [3.63, 3.8) is 0 Å². The van der Waals surface area contributed by atoms with Crippen LogP contribution in [0.15, 0.2) is 24.3 Å². The number of hydrogen-bond donors (Lipinski definition) is 2. The molecule has 6 aliphatic rings. The smallest absolute Gasteiger partial charge is 0.241 e. The third-order valence-corrected chi connectivity index (χ3v) is 7.99. The zero-order valence-corrected chi connectivity index (χ0v) is 16.6. The van der Waals surface area contributed by atoms with Gasteiger partial charge in [-0.25, -0.2) is 5.43 Å². The molecule has 4 atom stereocenters. The molecule has 5 nitrogen and oxygen atoms in total. The topological polar surface area (TPSA) is 47.6 Å². The van der Waals surface area contributed by atoms with E-state index in [9.17, 15) is 4.79 Å². The molecule has 1 aromatic carbocycles. The van der Waals surface area contributed by atoms with Gasteiger partial charge in [0.25, 0.3) is 0 Å². The van der Waals surface area contributed by atoms with Crippen LogP contribution in [0.4, 0.5) is 0 Å². The largest absolute Gasteiger partial charge is 0.337 e. The highest BCUT2D eigenvalue weighted by molar-refractivity contribution is 5.82. The number of nitrogens with zero attached hydrogens (tertiary/aromatic N) is 2. The number of rotatable bonds is 3. The van der Waals surface area contributed by atoms with E-state index in [1.165, 1.54) is 56.2 Å². The first-order valence-corrected chi connectivity index (χ1v) is 11.4. The molecule has 0 aromatic heterocycles. The van der Waals surface area contributed by atoms with E-state index in [0.29, 0.717) is 30.0 Å². The van der Waals surface area contributed by atoms with Gasteiger partial charge in [-0.1, -0.05) is 24.3 Å². The van der Waals surface area contributed by atoms with Crippen molar-refractivity contribution in [1.29, 1.82) is 0 Å². The van der Waals surface area contributed by atoms with Crippen LogP contribution in [0.25, 0.3) is 0 Å². The molecule has 4 saturated heterocycles. The minimum atomic E-state index is -0.0193. The summed E-state index contributed by atoms with van der Waals surface area (Å²) in [6, 6.07) is 10.5. The molecule has 28 heavy (non-hydrogen) atoms. The molecule has 1 amide bonds. The fourth-order valence-electron chi connectivity index (χ4n) is 6.23. The molecule has 0 radical (unpaired) electrons. The number of fused-ring (bicyclic) bond motifs is 5. The number of benzene rings is 1. The van der Waals surface area contributed by atoms with Gasteiger partial charge in [0.15, 0.2) is 0 Å². The lowest BCUT2D eigenvalue weighted by molar-refractivity contribution is -0.137. The molecule has 5 fully saturated rings. The Morgan fingerprint density at radius 3 is 2.43 bits per heavy atom. The molecule has 1 saturated carbocycles. The number of piperidine rings is 1. The van der Waals surface area contributed by atoms with E-state index in [1.54, 1.807) is 0 Å². The fraction of sp³-hybridized carbons (Fsp3) is 0.696. The summed E-state index contributed by atoms with van der Waals surface area (Å²) >= 11 is 0. The Labute approximate surface area is 167 Å².